The molecule has 168 valence electrons. The van der Waals surface area contributed by atoms with Crippen LogP contribution in [0.3, 0.4) is 0 Å². The van der Waals surface area contributed by atoms with Crippen LogP contribution in [-0.4, -0.2) is 81.1 Å². The number of aliphatic hydroxyl groups is 2. The highest BCUT2D eigenvalue weighted by Crippen LogP contribution is 2.08. The molecule has 0 aromatic rings. The van der Waals surface area contributed by atoms with Crippen molar-refractivity contribution < 1.29 is 34.5 Å². The Morgan fingerprint density at radius 3 is 1.79 bits per heavy atom. The third-order valence-electron chi connectivity index (χ3n) is 4.48. The van der Waals surface area contributed by atoms with Gasteiger partial charge in [0.05, 0.1) is 12.2 Å². The van der Waals surface area contributed by atoms with Crippen molar-refractivity contribution in [3.63, 3.8) is 0 Å². The maximum Gasteiger partial charge on any atom is 0.326 e. The van der Waals surface area contributed by atoms with Crippen LogP contribution in [0.25, 0.3) is 0 Å². The number of carbonyl (C=O) groups excluding carboxylic acids is 3. The van der Waals surface area contributed by atoms with Gasteiger partial charge in [0.2, 0.25) is 17.7 Å². The maximum absolute atomic E-state index is 12.5. The van der Waals surface area contributed by atoms with Crippen molar-refractivity contribution in [2.45, 2.75) is 70.5 Å². The molecule has 12 heteroatoms. The van der Waals surface area contributed by atoms with Gasteiger partial charge in [0.15, 0.2) is 0 Å². The predicted molar refractivity (Wildman–Crippen MR) is 108 cm³/mol. The second-order valence-corrected chi connectivity index (χ2v) is 7.31. The molecule has 0 aliphatic heterocycles. The zero-order valence-corrected chi connectivity index (χ0v) is 17.8. The van der Waals surface area contributed by atoms with Crippen molar-refractivity contribution in [2.75, 3.05) is 5.75 Å². The lowest BCUT2D eigenvalue weighted by Crippen LogP contribution is -2.61. The zero-order chi connectivity index (χ0) is 22.9. The highest BCUT2D eigenvalue weighted by atomic mass is 32.1. The number of hydrogen-bond donors (Lipinski definition) is 8. The fraction of sp³-hybridized carbons (Fsp3) is 0.765. The number of aliphatic carboxylic acids is 1. The molecule has 29 heavy (non-hydrogen) atoms. The molecule has 0 radical (unpaired) electrons. The Morgan fingerprint density at radius 1 is 0.897 bits per heavy atom. The molecule has 0 saturated carbocycles. The summed E-state index contributed by atoms with van der Waals surface area (Å²) in [5.41, 5.74) is 5.50. The first-order valence-corrected chi connectivity index (χ1v) is 9.86. The SMILES string of the molecule is CCC(C)C(NC(=O)C(CS)NC(=O)C(NC(=O)C(N)C(C)O)C(C)O)C(=O)O. The summed E-state index contributed by atoms with van der Waals surface area (Å²) in [6.45, 7) is 5.98. The van der Waals surface area contributed by atoms with Gasteiger partial charge in [-0.2, -0.15) is 12.6 Å². The summed E-state index contributed by atoms with van der Waals surface area (Å²) in [5.74, 6) is -4.24. The monoisotopic (exact) mass is 436 g/mol. The summed E-state index contributed by atoms with van der Waals surface area (Å²) in [7, 11) is 0. The summed E-state index contributed by atoms with van der Waals surface area (Å²) < 4.78 is 0. The Hall–Kier alpha value is -1.89. The number of hydrogen-bond acceptors (Lipinski definition) is 8. The quantitative estimate of drug-likeness (QED) is 0.155. The summed E-state index contributed by atoms with van der Waals surface area (Å²) in [6.07, 6.45) is -2.01. The average molecular weight is 437 g/mol. The highest BCUT2D eigenvalue weighted by Gasteiger charge is 2.33. The van der Waals surface area contributed by atoms with E-state index in [4.69, 9.17) is 5.73 Å². The minimum Gasteiger partial charge on any atom is -0.480 e. The minimum atomic E-state index is -1.45. The van der Waals surface area contributed by atoms with Crippen molar-refractivity contribution >= 4 is 36.3 Å². The largest absolute Gasteiger partial charge is 0.480 e. The van der Waals surface area contributed by atoms with Gasteiger partial charge < -0.3 is 37.0 Å². The molecule has 7 unspecified atom stereocenters. The first kappa shape index (κ1) is 27.1. The number of carboxylic acids is 1. The predicted octanol–water partition coefficient (Wildman–Crippen LogP) is -2.41. The van der Waals surface area contributed by atoms with E-state index < -0.39 is 60.1 Å². The molecule has 0 spiro atoms. The van der Waals surface area contributed by atoms with Crippen LogP contribution < -0.4 is 21.7 Å². The molecule has 3 amide bonds. The third-order valence-corrected chi connectivity index (χ3v) is 4.84. The Kier molecular flexibility index (Phi) is 11.8. The maximum atomic E-state index is 12.5. The van der Waals surface area contributed by atoms with Crippen molar-refractivity contribution in [2.24, 2.45) is 11.7 Å². The Morgan fingerprint density at radius 2 is 1.41 bits per heavy atom. The van der Waals surface area contributed by atoms with E-state index >= 15 is 0 Å². The second-order valence-electron chi connectivity index (χ2n) is 6.95. The molecule has 0 aliphatic rings. The molecular formula is C17H32N4O7S. The van der Waals surface area contributed by atoms with E-state index in [2.05, 4.69) is 28.6 Å². The number of amides is 3. The standard InChI is InChI=1S/C17H32N4O7S/c1-5-7(2)12(17(27)28)20-14(24)10(6-29)19-16(26)13(9(4)23)21-15(25)11(18)8(3)22/h7-13,22-23,29H,5-6,18H2,1-4H3,(H,19,26)(H,20,24)(H,21,25)(H,27,28). The number of aliphatic hydroxyl groups excluding tert-OH is 2. The number of nitrogens with one attached hydrogen (secondary N) is 3. The molecule has 0 saturated heterocycles. The lowest BCUT2D eigenvalue weighted by atomic mass is 9.99. The summed E-state index contributed by atoms with van der Waals surface area (Å²) in [5, 5.41) is 35.4. The molecule has 8 N–H and O–H groups in total. The zero-order valence-electron chi connectivity index (χ0n) is 17.0. The van der Waals surface area contributed by atoms with Crippen LogP contribution in [0.2, 0.25) is 0 Å². The van der Waals surface area contributed by atoms with E-state index in [1.807, 2.05) is 0 Å². The van der Waals surface area contributed by atoms with Crippen LogP contribution in [0.1, 0.15) is 34.1 Å². The van der Waals surface area contributed by atoms with Crippen LogP contribution in [0.15, 0.2) is 0 Å². The minimum absolute atomic E-state index is 0.155. The van der Waals surface area contributed by atoms with Crippen molar-refractivity contribution in [1.29, 1.82) is 0 Å². The fourth-order valence-electron chi connectivity index (χ4n) is 2.27. The van der Waals surface area contributed by atoms with Gasteiger partial charge in [-0.3, -0.25) is 14.4 Å². The molecule has 0 bridgehead atoms. The molecule has 7 atom stereocenters. The van der Waals surface area contributed by atoms with Crippen LogP contribution in [-0.2, 0) is 19.2 Å². The molecule has 0 heterocycles. The topological polar surface area (TPSA) is 191 Å². The first-order valence-electron chi connectivity index (χ1n) is 9.23. The molecule has 11 nitrogen and oxygen atoms in total. The lowest BCUT2D eigenvalue weighted by molar-refractivity contribution is -0.143. The summed E-state index contributed by atoms with van der Waals surface area (Å²) in [6, 6.07) is -5.13. The van der Waals surface area contributed by atoms with E-state index in [1.165, 1.54) is 13.8 Å². The normalized spacial score (nSPS) is 18.3. The van der Waals surface area contributed by atoms with Crippen LogP contribution in [0.5, 0.6) is 0 Å². The molecule has 0 aromatic heterocycles. The van der Waals surface area contributed by atoms with Gasteiger partial charge in [-0.15, -0.1) is 0 Å². The first-order chi connectivity index (χ1) is 13.4. The summed E-state index contributed by atoms with van der Waals surface area (Å²) >= 11 is 4.00. The van der Waals surface area contributed by atoms with Gasteiger partial charge in [-0.05, 0) is 19.8 Å². The third kappa shape index (κ3) is 8.56. The van der Waals surface area contributed by atoms with Gasteiger partial charge >= 0.3 is 5.97 Å². The number of rotatable bonds is 12. The summed E-state index contributed by atoms with van der Waals surface area (Å²) in [4.78, 5) is 48.2. The van der Waals surface area contributed by atoms with E-state index in [0.717, 1.165) is 0 Å². The van der Waals surface area contributed by atoms with E-state index in [9.17, 15) is 34.5 Å². The number of carbonyl (C=O) groups is 4. The Balaban J connectivity index is 5.22. The van der Waals surface area contributed by atoms with Crippen molar-refractivity contribution in [3.05, 3.63) is 0 Å². The van der Waals surface area contributed by atoms with Crippen LogP contribution in [0, 0.1) is 5.92 Å². The smallest absolute Gasteiger partial charge is 0.326 e. The van der Waals surface area contributed by atoms with E-state index in [0.29, 0.717) is 6.42 Å². The molecular weight excluding hydrogens is 404 g/mol. The van der Waals surface area contributed by atoms with E-state index in [1.54, 1.807) is 13.8 Å². The van der Waals surface area contributed by atoms with Gasteiger partial charge in [-0.1, -0.05) is 20.3 Å². The van der Waals surface area contributed by atoms with Gasteiger partial charge in [0.25, 0.3) is 0 Å². The average Bonchev–Trinajstić information content (AvgIpc) is 2.65. The molecule has 0 rings (SSSR count). The lowest BCUT2D eigenvalue weighted by Gasteiger charge is -2.27. The van der Waals surface area contributed by atoms with Crippen molar-refractivity contribution in [1.82, 2.24) is 16.0 Å². The van der Waals surface area contributed by atoms with Crippen LogP contribution >= 0.6 is 12.6 Å². The van der Waals surface area contributed by atoms with Gasteiger partial charge in [-0.25, -0.2) is 4.79 Å². The second kappa shape index (κ2) is 12.6. The Bertz CT molecular complexity index is 588. The van der Waals surface area contributed by atoms with Crippen molar-refractivity contribution in [3.8, 4) is 0 Å². The van der Waals surface area contributed by atoms with E-state index in [-0.39, 0.29) is 11.7 Å². The molecule has 0 aromatic carbocycles. The fourth-order valence-corrected chi connectivity index (χ4v) is 2.52. The molecule has 0 aliphatic carbocycles. The Labute approximate surface area is 175 Å². The number of thiol groups is 1. The number of carboxylic acid groups (broad SMARTS) is 1. The molecule has 0 fully saturated rings. The van der Waals surface area contributed by atoms with Gasteiger partial charge in [0, 0.05) is 5.75 Å². The highest BCUT2D eigenvalue weighted by molar-refractivity contribution is 7.80. The number of nitrogens with two attached hydrogens (primary N) is 1. The van der Waals surface area contributed by atoms with Crippen LogP contribution in [0.4, 0.5) is 0 Å². The van der Waals surface area contributed by atoms with Gasteiger partial charge in [0.1, 0.15) is 24.2 Å².